The Morgan fingerprint density at radius 1 is 1.47 bits per heavy atom. The highest BCUT2D eigenvalue weighted by molar-refractivity contribution is 5.89. The second kappa shape index (κ2) is 4.17. The van der Waals surface area contributed by atoms with E-state index in [1.54, 1.807) is 24.3 Å². The van der Waals surface area contributed by atoms with E-state index in [-0.39, 0.29) is 12.1 Å². The summed E-state index contributed by atoms with van der Waals surface area (Å²) in [5, 5.41) is 0. The van der Waals surface area contributed by atoms with Crippen LogP contribution in [0.5, 0.6) is 0 Å². The van der Waals surface area contributed by atoms with Gasteiger partial charge in [0.05, 0.1) is 11.3 Å². The molecule has 0 saturated carbocycles. The Labute approximate surface area is 88.3 Å². The van der Waals surface area contributed by atoms with Gasteiger partial charge in [0.1, 0.15) is 12.7 Å². The maximum Gasteiger partial charge on any atom is 0.338 e. The molecule has 0 spiro atoms. The Kier molecular flexibility index (Phi) is 2.72. The molecule has 0 radical (unpaired) electrons. The summed E-state index contributed by atoms with van der Waals surface area (Å²) >= 11 is 0. The Bertz CT molecular complexity index is 362. The van der Waals surface area contributed by atoms with Crippen molar-refractivity contribution in [3.63, 3.8) is 0 Å². The quantitative estimate of drug-likeness (QED) is 0.707. The van der Waals surface area contributed by atoms with E-state index in [1.807, 2.05) is 6.07 Å². The minimum absolute atomic E-state index is 0.00911. The zero-order valence-electron chi connectivity index (χ0n) is 8.31. The third kappa shape index (κ3) is 2.37. The Morgan fingerprint density at radius 3 is 2.73 bits per heavy atom. The van der Waals surface area contributed by atoms with Crippen molar-refractivity contribution in [2.75, 3.05) is 6.61 Å². The van der Waals surface area contributed by atoms with Crippen molar-refractivity contribution in [3.05, 3.63) is 48.2 Å². The van der Waals surface area contributed by atoms with E-state index >= 15 is 0 Å². The molecule has 1 atom stereocenters. The van der Waals surface area contributed by atoms with Crippen LogP contribution in [0.25, 0.3) is 0 Å². The molecular weight excluding hydrogens is 192 g/mol. The molecule has 0 N–H and O–H groups in total. The van der Waals surface area contributed by atoms with Crippen LogP contribution >= 0.6 is 0 Å². The number of carbonyl (C=O) groups excluding carboxylic acids is 1. The first-order chi connectivity index (χ1) is 7.25. The number of esters is 1. The maximum absolute atomic E-state index is 11.5. The van der Waals surface area contributed by atoms with Crippen molar-refractivity contribution in [1.29, 1.82) is 0 Å². The Morgan fingerprint density at radius 2 is 2.13 bits per heavy atom. The fraction of sp³-hybridized carbons (Fsp3) is 0.250. The standard InChI is InChI=1S/C12H12O3/c1-9-7-11(15-9)8-14-12(13)10-5-3-2-4-6-10/h2-6,11H,1,7-8H2. The van der Waals surface area contributed by atoms with Crippen molar-refractivity contribution in [3.8, 4) is 0 Å². The van der Waals surface area contributed by atoms with Gasteiger partial charge in [0.2, 0.25) is 0 Å². The summed E-state index contributed by atoms with van der Waals surface area (Å²) in [5.74, 6) is 0.451. The molecule has 0 amide bonds. The van der Waals surface area contributed by atoms with Gasteiger partial charge in [-0.3, -0.25) is 0 Å². The molecule has 1 unspecified atom stereocenters. The summed E-state index contributed by atoms with van der Waals surface area (Å²) in [5.41, 5.74) is 0.565. The third-order valence-electron chi connectivity index (χ3n) is 2.20. The number of hydrogen-bond acceptors (Lipinski definition) is 3. The van der Waals surface area contributed by atoms with Gasteiger partial charge >= 0.3 is 5.97 Å². The molecular formula is C12H12O3. The first-order valence-corrected chi connectivity index (χ1v) is 4.82. The maximum atomic E-state index is 11.5. The average Bonchev–Trinajstić information content (AvgIpc) is 2.23. The lowest BCUT2D eigenvalue weighted by molar-refractivity contribution is -0.0312. The highest BCUT2D eigenvalue weighted by Crippen LogP contribution is 2.22. The molecule has 1 aliphatic heterocycles. The second-order valence-corrected chi connectivity index (χ2v) is 3.45. The van der Waals surface area contributed by atoms with Crippen molar-refractivity contribution in [2.45, 2.75) is 12.5 Å². The van der Waals surface area contributed by atoms with Crippen molar-refractivity contribution >= 4 is 5.97 Å². The van der Waals surface area contributed by atoms with E-state index in [0.717, 1.165) is 12.2 Å². The molecule has 1 heterocycles. The van der Waals surface area contributed by atoms with Crippen LogP contribution < -0.4 is 0 Å². The van der Waals surface area contributed by atoms with Gasteiger partial charge in [-0.15, -0.1) is 0 Å². The Balaban J connectivity index is 1.80. The highest BCUT2D eigenvalue weighted by Gasteiger charge is 2.24. The summed E-state index contributed by atoms with van der Waals surface area (Å²) in [7, 11) is 0. The molecule has 0 bridgehead atoms. The first-order valence-electron chi connectivity index (χ1n) is 4.82. The van der Waals surface area contributed by atoms with E-state index in [9.17, 15) is 4.79 Å². The lowest BCUT2D eigenvalue weighted by Crippen LogP contribution is -2.30. The molecule has 1 aromatic carbocycles. The lowest BCUT2D eigenvalue weighted by atomic mass is 10.1. The number of benzene rings is 1. The molecule has 78 valence electrons. The third-order valence-corrected chi connectivity index (χ3v) is 2.20. The van der Waals surface area contributed by atoms with Gasteiger partial charge in [-0.2, -0.15) is 0 Å². The monoisotopic (exact) mass is 204 g/mol. The SMILES string of the molecule is C=C1CC(COC(=O)c2ccccc2)O1. The summed E-state index contributed by atoms with van der Waals surface area (Å²) in [6.45, 7) is 3.93. The van der Waals surface area contributed by atoms with Gasteiger partial charge in [-0.1, -0.05) is 24.8 Å². The van der Waals surface area contributed by atoms with Crippen LogP contribution in [-0.4, -0.2) is 18.7 Å². The molecule has 15 heavy (non-hydrogen) atoms. The molecule has 0 aliphatic carbocycles. The van der Waals surface area contributed by atoms with Gasteiger partial charge in [-0.25, -0.2) is 4.79 Å². The van der Waals surface area contributed by atoms with Crippen molar-refractivity contribution in [2.24, 2.45) is 0 Å². The summed E-state index contributed by atoms with van der Waals surface area (Å²) in [6, 6.07) is 8.91. The molecule has 1 aliphatic rings. The van der Waals surface area contributed by atoms with Crippen LogP contribution in [0.15, 0.2) is 42.7 Å². The molecule has 0 aromatic heterocycles. The fourth-order valence-electron chi connectivity index (χ4n) is 1.40. The largest absolute Gasteiger partial charge is 0.491 e. The number of carbonyl (C=O) groups is 1. The van der Waals surface area contributed by atoms with Gasteiger partial charge in [-0.05, 0) is 12.1 Å². The molecule has 1 aromatic rings. The highest BCUT2D eigenvalue weighted by atomic mass is 16.6. The van der Waals surface area contributed by atoms with Crippen LogP contribution in [0.3, 0.4) is 0 Å². The number of rotatable bonds is 3. The zero-order chi connectivity index (χ0) is 10.7. The van der Waals surface area contributed by atoms with E-state index < -0.39 is 0 Å². The topological polar surface area (TPSA) is 35.5 Å². The fourth-order valence-corrected chi connectivity index (χ4v) is 1.40. The first kappa shape index (κ1) is 9.77. The van der Waals surface area contributed by atoms with E-state index in [2.05, 4.69) is 6.58 Å². The van der Waals surface area contributed by atoms with E-state index in [4.69, 9.17) is 9.47 Å². The minimum atomic E-state index is -0.309. The van der Waals surface area contributed by atoms with Crippen molar-refractivity contribution in [1.82, 2.24) is 0 Å². The van der Waals surface area contributed by atoms with Gasteiger partial charge in [0.15, 0.2) is 0 Å². The zero-order valence-corrected chi connectivity index (χ0v) is 8.31. The van der Waals surface area contributed by atoms with Crippen LogP contribution in [-0.2, 0) is 9.47 Å². The van der Waals surface area contributed by atoms with E-state index in [0.29, 0.717) is 12.2 Å². The van der Waals surface area contributed by atoms with E-state index in [1.165, 1.54) is 0 Å². The average molecular weight is 204 g/mol. The second-order valence-electron chi connectivity index (χ2n) is 3.45. The summed E-state index contributed by atoms with van der Waals surface area (Å²) in [4.78, 5) is 11.5. The molecule has 1 saturated heterocycles. The molecule has 1 fully saturated rings. The normalized spacial score (nSPS) is 18.9. The van der Waals surface area contributed by atoms with Gasteiger partial charge in [0.25, 0.3) is 0 Å². The summed E-state index contributed by atoms with van der Waals surface area (Å²) in [6.07, 6.45) is 0.771. The van der Waals surface area contributed by atoms with Crippen LogP contribution in [0.1, 0.15) is 16.8 Å². The minimum Gasteiger partial charge on any atom is -0.491 e. The molecule has 2 rings (SSSR count). The van der Waals surface area contributed by atoms with Crippen LogP contribution in [0, 0.1) is 0 Å². The predicted molar refractivity (Wildman–Crippen MR) is 55.4 cm³/mol. The molecule has 3 heteroatoms. The van der Waals surface area contributed by atoms with Crippen LogP contribution in [0.4, 0.5) is 0 Å². The lowest BCUT2D eigenvalue weighted by Gasteiger charge is -2.29. The number of hydrogen-bond donors (Lipinski definition) is 0. The Hall–Kier alpha value is -1.77. The van der Waals surface area contributed by atoms with Crippen LogP contribution in [0.2, 0.25) is 0 Å². The van der Waals surface area contributed by atoms with Gasteiger partial charge in [0, 0.05) is 6.42 Å². The summed E-state index contributed by atoms with van der Waals surface area (Å²) < 4.78 is 10.2. The predicted octanol–water partition coefficient (Wildman–Crippen LogP) is 2.15. The smallest absolute Gasteiger partial charge is 0.338 e. The van der Waals surface area contributed by atoms with Gasteiger partial charge < -0.3 is 9.47 Å². The number of ether oxygens (including phenoxy) is 2. The van der Waals surface area contributed by atoms with Crippen molar-refractivity contribution < 1.29 is 14.3 Å². The molecule has 3 nitrogen and oxygen atoms in total.